The molecule has 1 aromatic carbocycles. The Morgan fingerprint density at radius 1 is 1.11 bits per heavy atom. The van der Waals surface area contributed by atoms with Crippen molar-refractivity contribution in [2.24, 2.45) is 0 Å². The van der Waals surface area contributed by atoms with Gasteiger partial charge in [-0.3, -0.25) is 4.79 Å². The van der Waals surface area contributed by atoms with E-state index in [4.69, 9.17) is 15.3 Å². The van der Waals surface area contributed by atoms with Crippen molar-refractivity contribution in [3.8, 4) is 0 Å². The number of rotatable bonds is 6. The number of hydrogen-bond acceptors (Lipinski definition) is 5. The number of benzene rings is 1. The molecule has 0 aromatic heterocycles. The molecule has 0 aliphatic rings. The van der Waals surface area contributed by atoms with Crippen LogP contribution in [0.2, 0.25) is 0 Å². The van der Waals surface area contributed by atoms with Crippen LogP contribution in [-0.4, -0.2) is 54.0 Å². The van der Waals surface area contributed by atoms with Crippen molar-refractivity contribution in [3.05, 3.63) is 35.4 Å². The number of carbonyl (C=O) groups excluding carboxylic acids is 1. The number of aldehydes is 1. The maximum absolute atomic E-state index is 10.3. The van der Waals surface area contributed by atoms with Gasteiger partial charge < -0.3 is 20.1 Å². The number of ether oxygens (including phenoxy) is 1. The van der Waals surface area contributed by atoms with Gasteiger partial charge in [0, 0.05) is 5.56 Å². The molecule has 0 radical (unpaired) electrons. The van der Waals surface area contributed by atoms with Crippen molar-refractivity contribution in [1.82, 2.24) is 0 Å². The van der Waals surface area contributed by atoms with E-state index < -0.39 is 5.97 Å². The molecule has 0 saturated carbocycles. The molecule has 18 heavy (non-hydrogen) atoms. The smallest absolute Gasteiger partial charge is 0.335 e. The van der Waals surface area contributed by atoms with Gasteiger partial charge in [0.25, 0.3) is 0 Å². The lowest BCUT2D eigenvalue weighted by atomic mass is 10.1. The third-order valence-corrected chi connectivity index (χ3v) is 1.76. The van der Waals surface area contributed by atoms with Crippen LogP contribution in [0.5, 0.6) is 0 Å². The molecule has 0 saturated heterocycles. The fourth-order valence-electron chi connectivity index (χ4n) is 0.935. The van der Waals surface area contributed by atoms with Gasteiger partial charge in [-0.1, -0.05) is 12.1 Å². The number of aliphatic hydroxyl groups excluding tert-OH is 2. The largest absolute Gasteiger partial charge is 0.478 e. The Hall–Kier alpha value is -1.76. The van der Waals surface area contributed by atoms with Gasteiger partial charge in [0.2, 0.25) is 0 Å². The molecule has 0 fully saturated rings. The van der Waals surface area contributed by atoms with E-state index in [9.17, 15) is 9.59 Å². The van der Waals surface area contributed by atoms with Crippen molar-refractivity contribution in [3.63, 3.8) is 0 Å². The Morgan fingerprint density at radius 2 is 1.61 bits per heavy atom. The highest BCUT2D eigenvalue weighted by Crippen LogP contribution is 2.01. The fourth-order valence-corrected chi connectivity index (χ4v) is 0.935. The summed E-state index contributed by atoms with van der Waals surface area (Å²) in [6.07, 6.45) is 0.672. The molecule has 0 atom stereocenters. The van der Waals surface area contributed by atoms with Crippen molar-refractivity contribution in [1.29, 1.82) is 0 Å². The van der Waals surface area contributed by atoms with Crippen LogP contribution in [0.1, 0.15) is 20.7 Å². The SMILES string of the molecule is O=Cc1ccc(C(=O)O)cc1.OCCOCCO. The summed E-state index contributed by atoms with van der Waals surface area (Å²) in [6, 6.07) is 5.73. The molecule has 6 nitrogen and oxygen atoms in total. The van der Waals surface area contributed by atoms with Gasteiger partial charge in [-0.2, -0.15) is 0 Å². The maximum Gasteiger partial charge on any atom is 0.335 e. The Bertz CT molecular complexity index is 342. The quantitative estimate of drug-likeness (QED) is 0.495. The predicted octanol–water partition coefficient (Wildman–Crippen LogP) is 0.185. The summed E-state index contributed by atoms with van der Waals surface area (Å²) in [5, 5.41) is 24.6. The third kappa shape index (κ3) is 7.50. The zero-order valence-corrected chi connectivity index (χ0v) is 9.78. The Morgan fingerprint density at radius 3 is 1.94 bits per heavy atom. The first-order chi connectivity index (χ1) is 8.65. The molecule has 1 aromatic rings. The lowest BCUT2D eigenvalue weighted by Crippen LogP contribution is -2.03. The highest BCUT2D eigenvalue weighted by Gasteiger charge is 1.99. The van der Waals surface area contributed by atoms with E-state index in [1.54, 1.807) is 0 Å². The van der Waals surface area contributed by atoms with Gasteiger partial charge in [-0.25, -0.2) is 4.79 Å². The zero-order chi connectivity index (χ0) is 13.8. The van der Waals surface area contributed by atoms with Crippen LogP contribution >= 0.6 is 0 Å². The number of carbonyl (C=O) groups is 2. The summed E-state index contributed by atoms with van der Waals surface area (Å²) in [4.78, 5) is 20.5. The van der Waals surface area contributed by atoms with E-state index in [0.717, 1.165) is 0 Å². The Kier molecular flexibility index (Phi) is 9.38. The highest BCUT2D eigenvalue weighted by molar-refractivity contribution is 5.88. The predicted molar refractivity (Wildman–Crippen MR) is 63.8 cm³/mol. The third-order valence-electron chi connectivity index (χ3n) is 1.76. The van der Waals surface area contributed by atoms with Crippen molar-refractivity contribution < 1.29 is 29.6 Å². The van der Waals surface area contributed by atoms with Gasteiger partial charge in [-0.15, -0.1) is 0 Å². The molecule has 0 aliphatic carbocycles. The van der Waals surface area contributed by atoms with Crippen LogP contribution in [0.25, 0.3) is 0 Å². The number of carboxylic acids is 1. The van der Waals surface area contributed by atoms with Crippen LogP contribution in [-0.2, 0) is 4.74 Å². The Labute approximate surface area is 104 Å². The standard InChI is InChI=1S/C8H6O3.C4H10O3/c9-5-6-1-3-7(4-2-6)8(10)11;5-1-3-7-4-2-6/h1-5H,(H,10,11);5-6H,1-4H2. The molecule has 0 aliphatic heterocycles. The summed E-state index contributed by atoms with van der Waals surface area (Å²) in [6.45, 7) is 0.696. The van der Waals surface area contributed by atoms with Gasteiger partial charge in [0.1, 0.15) is 6.29 Å². The van der Waals surface area contributed by atoms with Gasteiger partial charge >= 0.3 is 5.97 Å². The highest BCUT2D eigenvalue weighted by atomic mass is 16.5. The van der Waals surface area contributed by atoms with E-state index in [1.165, 1.54) is 24.3 Å². The second-order valence-electron chi connectivity index (χ2n) is 3.10. The molecular formula is C12H16O6. The summed E-state index contributed by atoms with van der Waals surface area (Å²) in [5.41, 5.74) is 0.672. The van der Waals surface area contributed by atoms with E-state index >= 15 is 0 Å². The molecule has 0 spiro atoms. The molecule has 1 rings (SSSR count). The van der Waals surface area contributed by atoms with Crippen molar-refractivity contribution in [2.75, 3.05) is 26.4 Å². The number of aliphatic hydroxyl groups is 2. The fraction of sp³-hybridized carbons (Fsp3) is 0.333. The number of carboxylic acid groups (broad SMARTS) is 1. The maximum atomic E-state index is 10.3. The minimum Gasteiger partial charge on any atom is -0.478 e. The number of aromatic carboxylic acids is 1. The molecule has 3 N–H and O–H groups in total. The minimum absolute atomic E-state index is 0.0278. The summed E-state index contributed by atoms with van der Waals surface area (Å²) in [7, 11) is 0. The van der Waals surface area contributed by atoms with Crippen molar-refractivity contribution >= 4 is 12.3 Å². The molecule has 6 heteroatoms. The molecule has 100 valence electrons. The molecular weight excluding hydrogens is 240 g/mol. The average Bonchev–Trinajstić information content (AvgIpc) is 2.40. The van der Waals surface area contributed by atoms with Crippen molar-refractivity contribution in [2.45, 2.75) is 0 Å². The first-order valence-corrected chi connectivity index (χ1v) is 5.23. The molecule has 0 heterocycles. The number of hydrogen-bond donors (Lipinski definition) is 3. The molecule has 0 bridgehead atoms. The van der Waals surface area contributed by atoms with Crippen LogP contribution in [0.4, 0.5) is 0 Å². The van der Waals surface area contributed by atoms with E-state index in [-0.39, 0.29) is 18.8 Å². The summed E-state index contributed by atoms with van der Waals surface area (Å²) < 4.78 is 4.63. The van der Waals surface area contributed by atoms with E-state index in [1.807, 2.05) is 0 Å². The Balaban J connectivity index is 0.000000360. The minimum atomic E-state index is -0.984. The monoisotopic (exact) mass is 256 g/mol. The normalized spacial score (nSPS) is 9.22. The second-order valence-corrected chi connectivity index (χ2v) is 3.10. The lowest BCUT2D eigenvalue weighted by molar-refractivity contribution is 0.0650. The van der Waals surface area contributed by atoms with Gasteiger partial charge in [0.05, 0.1) is 32.0 Å². The summed E-state index contributed by atoms with van der Waals surface area (Å²) in [5.74, 6) is -0.984. The lowest BCUT2D eigenvalue weighted by Gasteiger charge is -1.94. The second kappa shape index (κ2) is 10.4. The zero-order valence-electron chi connectivity index (χ0n) is 9.78. The van der Waals surface area contributed by atoms with Gasteiger partial charge in [0.15, 0.2) is 0 Å². The van der Waals surface area contributed by atoms with E-state index in [0.29, 0.717) is 25.1 Å². The first-order valence-electron chi connectivity index (χ1n) is 5.23. The molecule has 0 unspecified atom stereocenters. The summed E-state index contributed by atoms with van der Waals surface area (Å²) >= 11 is 0. The van der Waals surface area contributed by atoms with Crippen LogP contribution in [0, 0.1) is 0 Å². The van der Waals surface area contributed by atoms with Crippen LogP contribution in [0.15, 0.2) is 24.3 Å². The van der Waals surface area contributed by atoms with Crippen LogP contribution in [0.3, 0.4) is 0 Å². The van der Waals surface area contributed by atoms with Crippen LogP contribution < -0.4 is 0 Å². The van der Waals surface area contributed by atoms with E-state index in [2.05, 4.69) is 4.74 Å². The van der Waals surface area contributed by atoms with Gasteiger partial charge in [-0.05, 0) is 12.1 Å². The average molecular weight is 256 g/mol. The first kappa shape index (κ1) is 16.2. The topological polar surface area (TPSA) is 104 Å². The molecule has 0 amide bonds.